The van der Waals surface area contributed by atoms with Crippen molar-refractivity contribution in [1.82, 2.24) is 10.3 Å². The van der Waals surface area contributed by atoms with Gasteiger partial charge in [-0.05, 0) is 38.1 Å². The normalized spacial score (nSPS) is 11.2. The van der Waals surface area contributed by atoms with Gasteiger partial charge in [-0.25, -0.2) is 0 Å². The molecule has 1 rings (SSSR count). The summed E-state index contributed by atoms with van der Waals surface area (Å²) in [6.07, 6.45) is 4.21. The molecule has 3 heteroatoms. The third-order valence-corrected chi connectivity index (χ3v) is 2.03. The van der Waals surface area contributed by atoms with E-state index in [1.54, 1.807) is 26.4 Å². The second-order valence-electron chi connectivity index (χ2n) is 3.01. The fourth-order valence-electron chi connectivity index (χ4n) is 1.20. The first-order valence-corrected chi connectivity index (χ1v) is 5.30. The first-order chi connectivity index (χ1) is 7.24. The molecule has 0 fully saturated rings. The van der Waals surface area contributed by atoms with Crippen molar-refractivity contribution in [1.29, 1.82) is 0 Å². The van der Waals surface area contributed by atoms with E-state index in [2.05, 4.69) is 10.3 Å². The molecular formula is C12H20N2O. The highest BCUT2D eigenvalue weighted by Gasteiger charge is 2.11. The Bertz CT molecular complexity index is 272. The smallest absolute Gasteiger partial charge is 0.147 e. The lowest BCUT2D eigenvalue weighted by atomic mass is 10.0. The number of nitrogens with zero attached hydrogens (tertiary/aromatic N) is 1. The van der Waals surface area contributed by atoms with Gasteiger partial charge in [0.15, 0.2) is 0 Å². The fraction of sp³-hybridized carbons (Fsp3) is 0.500. The maximum atomic E-state index is 11.1. The third kappa shape index (κ3) is 5.27. The SMILES string of the molecule is CC.CNC(Cc1ccncc1)C(C)=O. The van der Waals surface area contributed by atoms with Crippen LogP contribution in [0.5, 0.6) is 0 Å². The molecule has 0 bridgehead atoms. The highest BCUT2D eigenvalue weighted by atomic mass is 16.1. The predicted octanol–water partition coefficient (Wildman–Crippen LogP) is 1.83. The van der Waals surface area contributed by atoms with Crippen LogP contribution in [0.3, 0.4) is 0 Å². The second kappa shape index (κ2) is 8.12. The molecule has 0 aliphatic heterocycles. The van der Waals surface area contributed by atoms with E-state index >= 15 is 0 Å². The number of aromatic nitrogens is 1. The Hall–Kier alpha value is -1.22. The summed E-state index contributed by atoms with van der Waals surface area (Å²) < 4.78 is 0. The number of carbonyl (C=O) groups is 1. The zero-order chi connectivity index (χ0) is 11.7. The van der Waals surface area contributed by atoms with E-state index in [0.717, 1.165) is 12.0 Å². The van der Waals surface area contributed by atoms with Gasteiger partial charge >= 0.3 is 0 Å². The zero-order valence-corrected chi connectivity index (χ0v) is 9.95. The summed E-state index contributed by atoms with van der Waals surface area (Å²) in [5, 5.41) is 2.98. The molecule has 0 aromatic carbocycles. The topological polar surface area (TPSA) is 42.0 Å². The number of rotatable bonds is 4. The third-order valence-electron chi connectivity index (χ3n) is 2.03. The quantitative estimate of drug-likeness (QED) is 0.820. The molecule has 0 saturated carbocycles. The number of carbonyl (C=O) groups excluding carboxylic acids is 1. The largest absolute Gasteiger partial charge is 0.310 e. The molecule has 0 saturated heterocycles. The molecule has 0 aliphatic carbocycles. The first kappa shape index (κ1) is 13.8. The van der Waals surface area contributed by atoms with Gasteiger partial charge in [-0.3, -0.25) is 9.78 Å². The lowest BCUT2D eigenvalue weighted by Gasteiger charge is -2.11. The minimum atomic E-state index is -0.0811. The summed E-state index contributed by atoms with van der Waals surface area (Å²) >= 11 is 0. The number of nitrogens with one attached hydrogen (secondary N) is 1. The average Bonchev–Trinajstić information content (AvgIpc) is 2.29. The van der Waals surface area contributed by atoms with Crippen LogP contribution in [0.4, 0.5) is 0 Å². The number of ketones is 1. The van der Waals surface area contributed by atoms with E-state index in [1.807, 2.05) is 26.0 Å². The Morgan fingerprint density at radius 2 is 1.93 bits per heavy atom. The van der Waals surface area contributed by atoms with E-state index in [9.17, 15) is 4.79 Å². The Kier molecular flexibility index (Phi) is 7.46. The maximum Gasteiger partial charge on any atom is 0.147 e. The molecule has 1 atom stereocenters. The van der Waals surface area contributed by atoms with Crippen LogP contribution >= 0.6 is 0 Å². The Balaban J connectivity index is 0.000000921. The van der Waals surface area contributed by atoms with Gasteiger partial charge in [0, 0.05) is 12.4 Å². The van der Waals surface area contributed by atoms with E-state index in [4.69, 9.17) is 0 Å². The lowest BCUT2D eigenvalue weighted by molar-refractivity contribution is -0.118. The van der Waals surface area contributed by atoms with Crippen LogP contribution in [0.1, 0.15) is 26.3 Å². The van der Waals surface area contributed by atoms with Gasteiger partial charge in [0.05, 0.1) is 6.04 Å². The number of hydrogen-bond donors (Lipinski definition) is 1. The van der Waals surface area contributed by atoms with Crippen LogP contribution in [0, 0.1) is 0 Å². The number of hydrogen-bond acceptors (Lipinski definition) is 3. The van der Waals surface area contributed by atoms with E-state index in [1.165, 1.54) is 0 Å². The van der Waals surface area contributed by atoms with Gasteiger partial charge in [0.25, 0.3) is 0 Å². The van der Waals surface area contributed by atoms with Crippen LogP contribution < -0.4 is 5.32 Å². The van der Waals surface area contributed by atoms with Gasteiger partial charge in [0.1, 0.15) is 5.78 Å². The van der Waals surface area contributed by atoms with Crippen molar-refractivity contribution in [3.8, 4) is 0 Å². The molecule has 0 aliphatic rings. The van der Waals surface area contributed by atoms with Gasteiger partial charge < -0.3 is 5.32 Å². The van der Waals surface area contributed by atoms with Crippen LogP contribution in [0.25, 0.3) is 0 Å². The van der Waals surface area contributed by atoms with E-state index < -0.39 is 0 Å². The van der Waals surface area contributed by atoms with E-state index in [-0.39, 0.29) is 11.8 Å². The van der Waals surface area contributed by atoms with Gasteiger partial charge in [-0.1, -0.05) is 13.8 Å². The molecule has 1 aromatic heterocycles. The van der Waals surface area contributed by atoms with Crippen molar-refractivity contribution in [3.63, 3.8) is 0 Å². The highest BCUT2D eigenvalue weighted by molar-refractivity contribution is 5.81. The molecule has 0 spiro atoms. The molecule has 1 unspecified atom stereocenters. The maximum absolute atomic E-state index is 11.1. The first-order valence-electron chi connectivity index (χ1n) is 5.30. The average molecular weight is 208 g/mol. The van der Waals surface area contributed by atoms with Gasteiger partial charge in [-0.15, -0.1) is 0 Å². The minimum Gasteiger partial charge on any atom is -0.310 e. The molecule has 0 radical (unpaired) electrons. The van der Waals surface area contributed by atoms with Crippen molar-refractivity contribution in [2.75, 3.05) is 7.05 Å². The summed E-state index contributed by atoms with van der Waals surface area (Å²) in [5.41, 5.74) is 1.13. The molecule has 1 heterocycles. The fourth-order valence-corrected chi connectivity index (χ4v) is 1.20. The van der Waals surface area contributed by atoms with Crippen molar-refractivity contribution in [2.24, 2.45) is 0 Å². The Morgan fingerprint density at radius 1 is 1.40 bits per heavy atom. The van der Waals surface area contributed by atoms with Crippen LogP contribution in [-0.2, 0) is 11.2 Å². The number of pyridine rings is 1. The van der Waals surface area contributed by atoms with Gasteiger partial charge in [-0.2, -0.15) is 0 Å². The molecule has 84 valence electrons. The van der Waals surface area contributed by atoms with Crippen LogP contribution in [-0.4, -0.2) is 23.9 Å². The monoisotopic (exact) mass is 208 g/mol. The second-order valence-corrected chi connectivity index (χ2v) is 3.01. The van der Waals surface area contributed by atoms with Gasteiger partial charge in [0.2, 0.25) is 0 Å². The van der Waals surface area contributed by atoms with Crippen LogP contribution in [0.2, 0.25) is 0 Å². The summed E-state index contributed by atoms with van der Waals surface area (Å²) in [6.45, 7) is 5.60. The van der Waals surface area contributed by atoms with Crippen molar-refractivity contribution in [3.05, 3.63) is 30.1 Å². The molecule has 15 heavy (non-hydrogen) atoms. The lowest BCUT2D eigenvalue weighted by Crippen LogP contribution is -2.34. The molecule has 1 aromatic rings. The molecule has 3 nitrogen and oxygen atoms in total. The zero-order valence-electron chi connectivity index (χ0n) is 9.95. The number of Topliss-reactive ketones (excluding diaryl/α,β-unsaturated/α-hetero) is 1. The molecular weight excluding hydrogens is 188 g/mol. The molecule has 0 amide bonds. The highest BCUT2D eigenvalue weighted by Crippen LogP contribution is 2.01. The minimum absolute atomic E-state index is 0.0811. The number of likely N-dealkylation sites (N-methyl/N-ethyl adjacent to an activating group) is 1. The van der Waals surface area contributed by atoms with Crippen molar-refractivity contribution in [2.45, 2.75) is 33.2 Å². The van der Waals surface area contributed by atoms with E-state index in [0.29, 0.717) is 0 Å². The van der Waals surface area contributed by atoms with Crippen LogP contribution in [0.15, 0.2) is 24.5 Å². The summed E-state index contributed by atoms with van der Waals surface area (Å²) in [5.74, 6) is 0.166. The van der Waals surface area contributed by atoms with Crippen molar-refractivity contribution >= 4 is 5.78 Å². The summed E-state index contributed by atoms with van der Waals surface area (Å²) in [7, 11) is 1.80. The Morgan fingerprint density at radius 3 is 2.33 bits per heavy atom. The summed E-state index contributed by atoms with van der Waals surface area (Å²) in [4.78, 5) is 15.0. The standard InChI is InChI=1S/C10H14N2O.C2H6/c1-8(13)10(11-2)7-9-3-5-12-6-4-9;1-2/h3-6,10-11H,7H2,1-2H3;1-2H3. The Labute approximate surface area is 91.9 Å². The predicted molar refractivity (Wildman–Crippen MR) is 62.8 cm³/mol. The summed E-state index contributed by atoms with van der Waals surface area (Å²) in [6, 6.07) is 3.77. The molecule has 1 N–H and O–H groups in total. The van der Waals surface area contributed by atoms with Crippen molar-refractivity contribution < 1.29 is 4.79 Å².